The van der Waals surface area contributed by atoms with E-state index in [-0.39, 0.29) is 24.0 Å². The molecule has 0 radical (unpaired) electrons. The Morgan fingerprint density at radius 1 is 1.03 bits per heavy atom. The molecule has 0 aliphatic heterocycles. The molecule has 1 fully saturated rings. The minimum Gasteiger partial charge on any atom is -0.497 e. The zero-order valence-corrected chi connectivity index (χ0v) is 19.8. The molecular formula is C26H35N3O5. The Kier molecular flexibility index (Phi) is 10.5. The number of carboxylic acids is 1. The van der Waals surface area contributed by atoms with E-state index in [1.54, 1.807) is 43.5 Å². The van der Waals surface area contributed by atoms with E-state index < -0.39 is 12.0 Å². The van der Waals surface area contributed by atoms with Crippen LogP contribution in [0.3, 0.4) is 0 Å². The number of rotatable bonds is 8. The lowest BCUT2D eigenvalue weighted by Crippen LogP contribution is -2.45. The highest BCUT2D eigenvalue weighted by Gasteiger charge is 2.29. The monoisotopic (exact) mass is 469 g/mol. The Hall–Kier alpha value is -3.39. The fourth-order valence-corrected chi connectivity index (χ4v) is 3.87. The molecule has 6 N–H and O–H groups in total. The van der Waals surface area contributed by atoms with Crippen molar-refractivity contribution < 1.29 is 24.2 Å². The molecule has 1 atom stereocenters. The van der Waals surface area contributed by atoms with E-state index >= 15 is 0 Å². The van der Waals surface area contributed by atoms with Crippen molar-refractivity contribution in [3.8, 4) is 5.75 Å². The lowest BCUT2D eigenvalue weighted by molar-refractivity contribution is -0.142. The van der Waals surface area contributed by atoms with Crippen molar-refractivity contribution in [3.63, 3.8) is 0 Å². The molecule has 8 heteroatoms. The normalized spacial score (nSPS) is 18.1. The Morgan fingerprint density at radius 2 is 1.62 bits per heavy atom. The molecule has 1 aliphatic carbocycles. The highest BCUT2D eigenvalue weighted by molar-refractivity contribution is 5.94. The Balaban J connectivity index is 0.000000340. The second-order valence-corrected chi connectivity index (χ2v) is 8.58. The van der Waals surface area contributed by atoms with E-state index in [1.807, 2.05) is 12.1 Å². The highest BCUT2D eigenvalue weighted by atomic mass is 16.5. The molecule has 0 saturated heterocycles. The van der Waals surface area contributed by atoms with Crippen LogP contribution < -0.4 is 21.5 Å². The molecule has 0 aromatic heterocycles. The van der Waals surface area contributed by atoms with Crippen molar-refractivity contribution in [2.24, 2.45) is 17.6 Å². The van der Waals surface area contributed by atoms with Crippen LogP contribution >= 0.6 is 0 Å². The van der Waals surface area contributed by atoms with Gasteiger partial charge in [-0.3, -0.25) is 9.59 Å². The summed E-state index contributed by atoms with van der Waals surface area (Å²) < 4.78 is 5.09. The molecule has 184 valence electrons. The first kappa shape index (κ1) is 26.9. The van der Waals surface area contributed by atoms with Crippen molar-refractivity contribution >= 4 is 23.3 Å². The Bertz CT molecular complexity index is 936. The first-order chi connectivity index (χ1) is 16.2. The van der Waals surface area contributed by atoms with Crippen LogP contribution in [-0.4, -0.2) is 42.5 Å². The maximum Gasteiger partial charge on any atom is 0.326 e. The first-order valence-corrected chi connectivity index (χ1v) is 11.5. The van der Waals surface area contributed by atoms with Gasteiger partial charge < -0.3 is 26.6 Å². The maximum atomic E-state index is 12.4. The summed E-state index contributed by atoms with van der Waals surface area (Å²) in [6.45, 7) is 2.19. The molecule has 1 amide bonds. The fourth-order valence-electron chi connectivity index (χ4n) is 3.87. The minimum absolute atomic E-state index is 0.0694. The van der Waals surface area contributed by atoms with Gasteiger partial charge >= 0.3 is 5.97 Å². The fraction of sp³-hybridized carbons (Fsp3) is 0.423. The Labute approximate surface area is 200 Å². The summed E-state index contributed by atoms with van der Waals surface area (Å²) in [4.78, 5) is 34.6. The van der Waals surface area contributed by atoms with Gasteiger partial charge in [0.25, 0.3) is 0 Å². The predicted molar refractivity (Wildman–Crippen MR) is 132 cm³/mol. The molecule has 0 bridgehead atoms. The van der Waals surface area contributed by atoms with Crippen LogP contribution in [0.2, 0.25) is 0 Å². The number of carboxylic acid groups (broad SMARTS) is 1. The molecule has 1 saturated carbocycles. The zero-order chi connectivity index (χ0) is 25.1. The van der Waals surface area contributed by atoms with E-state index in [9.17, 15) is 19.5 Å². The van der Waals surface area contributed by atoms with Crippen LogP contribution in [-0.2, 0) is 16.0 Å². The molecule has 2 aromatic carbocycles. The third kappa shape index (κ3) is 8.51. The highest BCUT2D eigenvalue weighted by Crippen LogP contribution is 2.28. The number of Topliss-reactive ketones (excluding diaryl/α,β-unsaturated/α-hetero) is 1. The summed E-state index contributed by atoms with van der Waals surface area (Å²) >= 11 is 0. The number of ketones is 1. The summed E-state index contributed by atoms with van der Waals surface area (Å²) in [6.07, 6.45) is 3.68. The number of anilines is 1. The summed E-state index contributed by atoms with van der Waals surface area (Å²) in [5, 5.41) is 12.1. The van der Waals surface area contributed by atoms with Gasteiger partial charge in [0.15, 0.2) is 5.78 Å². The zero-order valence-electron chi connectivity index (χ0n) is 19.8. The van der Waals surface area contributed by atoms with Gasteiger partial charge in [-0.2, -0.15) is 0 Å². The number of nitrogens with one attached hydrogen (secondary N) is 1. The number of nitrogen functional groups attached to an aromatic ring is 1. The van der Waals surface area contributed by atoms with Crippen molar-refractivity contribution in [2.75, 3.05) is 19.4 Å². The third-order valence-electron chi connectivity index (χ3n) is 6.08. The third-order valence-corrected chi connectivity index (χ3v) is 6.08. The van der Waals surface area contributed by atoms with Crippen LogP contribution in [0.5, 0.6) is 5.75 Å². The topological polar surface area (TPSA) is 145 Å². The molecule has 8 nitrogen and oxygen atoms in total. The molecule has 2 aromatic rings. The number of methoxy groups -OCH3 is 1. The number of hydrogen-bond acceptors (Lipinski definition) is 6. The number of carbonyl (C=O) groups excluding carboxylic acids is 2. The van der Waals surface area contributed by atoms with E-state index in [0.717, 1.165) is 31.2 Å². The quantitative estimate of drug-likeness (QED) is 0.343. The van der Waals surface area contributed by atoms with Crippen molar-refractivity contribution in [2.45, 2.75) is 45.1 Å². The Morgan fingerprint density at radius 3 is 2.09 bits per heavy atom. The van der Waals surface area contributed by atoms with Crippen molar-refractivity contribution in [1.82, 2.24) is 5.32 Å². The molecular weight excluding hydrogens is 434 g/mol. The number of benzene rings is 2. The van der Waals surface area contributed by atoms with E-state index in [2.05, 4.69) is 5.32 Å². The lowest BCUT2D eigenvalue weighted by atomic mass is 9.81. The van der Waals surface area contributed by atoms with Crippen LogP contribution in [0.1, 0.15) is 48.5 Å². The summed E-state index contributed by atoms with van der Waals surface area (Å²) in [5.74, 6) is -0.0124. The minimum atomic E-state index is -1.02. The second kappa shape index (κ2) is 13.3. The maximum absolute atomic E-state index is 12.4. The van der Waals surface area contributed by atoms with E-state index in [4.69, 9.17) is 16.2 Å². The molecule has 3 rings (SSSR count). The lowest BCUT2D eigenvalue weighted by Gasteiger charge is -2.27. The van der Waals surface area contributed by atoms with Gasteiger partial charge in [-0.1, -0.05) is 12.1 Å². The van der Waals surface area contributed by atoms with Crippen LogP contribution in [0.4, 0.5) is 5.69 Å². The van der Waals surface area contributed by atoms with Crippen LogP contribution in [0, 0.1) is 11.8 Å². The molecule has 34 heavy (non-hydrogen) atoms. The van der Waals surface area contributed by atoms with Gasteiger partial charge in [0.05, 0.1) is 7.11 Å². The number of nitrogens with two attached hydrogens (primary N) is 2. The van der Waals surface area contributed by atoms with Crippen LogP contribution in [0.15, 0.2) is 48.5 Å². The van der Waals surface area contributed by atoms with Crippen molar-refractivity contribution in [1.29, 1.82) is 0 Å². The van der Waals surface area contributed by atoms with Gasteiger partial charge in [0.1, 0.15) is 11.8 Å². The largest absolute Gasteiger partial charge is 0.497 e. The van der Waals surface area contributed by atoms with Crippen molar-refractivity contribution in [3.05, 3.63) is 59.7 Å². The first-order valence-electron chi connectivity index (χ1n) is 11.5. The average Bonchev–Trinajstić information content (AvgIpc) is 2.84. The molecule has 0 unspecified atom stereocenters. The van der Waals surface area contributed by atoms with Gasteiger partial charge in [-0.05, 0) is 87.0 Å². The smallest absolute Gasteiger partial charge is 0.326 e. The van der Waals surface area contributed by atoms with E-state index in [1.165, 1.54) is 6.92 Å². The van der Waals surface area contributed by atoms with Gasteiger partial charge in [-0.25, -0.2) is 4.79 Å². The number of hydrogen-bond donors (Lipinski definition) is 4. The summed E-state index contributed by atoms with van der Waals surface area (Å²) in [6, 6.07) is 13.1. The van der Waals surface area contributed by atoms with Crippen LogP contribution in [0.25, 0.3) is 0 Å². The second-order valence-electron chi connectivity index (χ2n) is 8.58. The summed E-state index contributed by atoms with van der Waals surface area (Å²) in [5.41, 5.74) is 13.3. The molecule has 0 heterocycles. The molecule has 1 aliphatic rings. The van der Waals surface area contributed by atoms with Gasteiger partial charge in [0, 0.05) is 23.6 Å². The number of carbonyl (C=O) groups is 3. The SMILES string of the molecule is CC(=O)c1ccc(N)cc1.COc1ccc(C[C@H](NC(=O)C2CCC(CN)CC2)C(=O)O)cc1. The van der Waals surface area contributed by atoms with Gasteiger partial charge in [-0.15, -0.1) is 0 Å². The predicted octanol–water partition coefficient (Wildman–Crippen LogP) is 3.04. The number of amides is 1. The van der Waals surface area contributed by atoms with Gasteiger partial charge in [0.2, 0.25) is 5.91 Å². The average molecular weight is 470 g/mol. The van der Waals surface area contributed by atoms with E-state index in [0.29, 0.717) is 29.5 Å². The number of ether oxygens (including phenoxy) is 1. The standard InChI is InChI=1S/C18H26N2O4.C8H9NO/c1-24-15-8-4-12(5-9-15)10-16(18(22)23)20-17(21)14-6-2-13(11-19)3-7-14;1-6(10)7-2-4-8(9)5-3-7/h4-5,8-9,13-14,16H,2-3,6-7,10-11,19H2,1H3,(H,20,21)(H,22,23);2-5H,9H2,1H3/t13?,14?,16-;/m0./s1. The number of aliphatic carboxylic acids is 1. The molecule has 0 spiro atoms. The summed E-state index contributed by atoms with van der Waals surface area (Å²) in [7, 11) is 1.58.